The molecule has 0 atom stereocenters. The van der Waals surface area contributed by atoms with E-state index in [1.807, 2.05) is 6.08 Å². The first-order chi connectivity index (χ1) is 16.0. The van der Waals surface area contributed by atoms with Gasteiger partial charge in [0.1, 0.15) is 4.32 Å². The minimum Gasteiger partial charge on any atom is -0.481 e. The fraction of sp³-hybridized carbons (Fsp3) is 0.577. The molecular formula is C26H34N2O3S2. The zero-order chi connectivity index (χ0) is 23.2. The highest BCUT2D eigenvalue weighted by Crippen LogP contribution is 2.35. The molecule has 4 rings (SSSR count). The number of benzene rings is 1. The van der Waals surface area contributed by atoms with Crippen molar-refractivity contribution in [3.8, 4) is 0 Å². The maximum absolute atomic E-state index is 12.7. The van der Waals surface area contributed by atoms with Gasteiger partial charge in [-0.2, -0.15) is 0 Å². The molecule has 3 aliphatic rings. The van der Waals surface area contributed by atoms with Gasteiger partial charge in [-0.1, -0.05) is 68.2 Å². The van der Waals surface area contributed by atoms with E-state index >= 15 is 0 Å². The summed E-state index contributed by atoms with van der Waals surface area (Å²) in [5, 5.41) is 8.81. The molecule has 0 radical (unpaired) electrons. The summed E-state index contributed by atoms with van der Waals surface area (Å²) in [4.78, 5) is 28.0. The molecule has 178 valence electrons. The molecule has 0 aromatic heterocycles. The van der Waals surface area contributed by atoms with Crippen LogP contribution in [0.2, 0.25) is 0 Å². The molecule has 0 unspecified atom stereocenters. The van der Waals surface area contributed by atoms with E-state index in [2.05, 4.69) is 29.2 Å². The number of carbonyl (C=O) groups is 2. The van der Waals surface area contributed by atoms with Gasteiger partial charge in [-0.3, -0.25) is 14.5 Å². The lowest BCUT2D eigenvalue weighted by molar-refractivity contribution is -0.137. The molecule has 7 heteroatoms. The zero-order valence-corrected chi connectivity index (χ0v) is 20.8. The number of carboxylic acid groups (broad SMARTS) is 1. The first kappa shape index (κ1) is 24.3. The lowest BCUT2D eigenvalue weighted by Gasteiger charge is -2.35. The number of hydrogen-bond acceptors (Lipinski definition) is 5. The number of thiocarbonyl (C=S) groups is 1. The van der Waals surface area contributed by atoms with E-state index in [9.17, 15) is 9.59 Å². The molecule has 3 fully saturated rings. The monoisotopic (exact) mass is 486 g/mol. The van der Waals surface area contributed by atoms with Gasteiger partial charge in [0.25, 0.3) is 5.91 Å². The quantitative estimate of drug-likeness (QED) is 0.362. The third-order valence-corrected chi connectivity index (χ3v) is 8.59. The van der Waals surface area contributed by atoms with Gasteiger partial charge >= 0.3 is 5.97 Å². The van der Waals surface area contributed by atoms with E-state index in [1.165, 1.54) is 73.7 Å². The second-order valence-electron chi connectivity index (χ2n) is 9.59. The molecular weight excluding hydrogens is 452 g/mol. The molecule has 2 aliphatic heterocycles. The van der Waals surface area contributed by atoms with Crippen LogP contribution in [0.3, 0.4) is 0 Å². The molecule has 33 heavy (non-hydrogen) atoms. The van der Waals surface area contributed by atoms with E-state index < -0.39 is 5.97 Å². The smallest absolute Gasteiger partial charge is 0.303 e. The molecule has 1 N–H and O–H groups in total. The largest absolute Gasteiger partial charge is 0.481 e. The van der Waals surface area contributed by atoms with E-state index in [0.29, 0.717) is 22.2 Å². The Hall–Kier alpha value is -1.86. The van der Waals surface area contributed by atoms with Crippen LogP contribution in [0.25, 0.3) is 6.08 Å². The maximum Gasteiger partial charge on any atom is 0.303 e. The van der Waals surface area contributed by atoms with Crippen molar-refractivity contribution in [1.82, 2.24) is 4.90 Å². The summed E-state index contributed by atoms with van der Waals surface area (Å²) < 4.78 is 0.504. The summed E-state index contributed by atoms with van der Waals surface area (Å²) in [6, 6.07) is 8.45. The Bertz CT molecular complexity index is 885. The van der Waals surface area contributed by atoms with Crippen LogP contribution in [-0.2, 0) is 9.59 Å². The summed E-state index contributed by atoms with van der Waals surface area (Å²) in [5.41, 5.74) is 2.24. The van der Waals surface area contributed by atoms with E-state index in [-0.39, 0.29) is 12.3 Å². The minimum atomic E-state index is -0.857. The van der Waals surface area contributed by atoms with Crippen molar-refractivity contribution in [3.05, 3.63) is 34.7 Å². The minimum absolute atomic E-state index is 0.0371. The van der Waals surface area contributed by atoms with Crippen LogP contribution in [0.4, 0.5) is 5.69 Å². The summed E-state index contributed by atoms with van der Waals surface area (Å²) in [5.74, 6) is 0.879. The maximum atomic E-state index is 12.7. The molecule has 1 aliphatic carbocycles. The lowest BCUT2D eigenvalue weighted by atomic mass is 9.80. The van der Waals surface area contributed by atoms with Gasteiger partial charge in [0.05, 0.1) is 4.91 Å². The molecule has 0 bridgehead atoms. The Morgan fingerprint density at radius 1 is 1.06 bits per heavy atom. The normalized spacial score (nSPS) is 21.9. The van der Waals surface area contributed by atoms with E-state index in [1.54, 1.807) is 0 Å². The van der Waals surface area contributed by atoms with Crippen LogP contribution < -0.4 is 4.90 Å². The van der Waals surface area contributed by atoms with Crippen LogP contribution in [0.5, 0.6) is 0 Å². The number of piperidine rings is 1. The van der Waals surface area contributed by atoms with Crippen molar-refractivity contribution in [2.75, 3.05) is 24.5 Å². The SMILES string of the molecule is O=C(O)CCCN1C(=O)/C(=C\c2ccc(N3CCC(CC4CCCCC4)CC3)cc2)SC1=S. The number of thioether (sulfide) groups is 1. The number of aliphatic carboxylic acids is 1. The predicted molar refractivity (Wildman–Crippen MR) is 139 cm³/mol. The number of carbonyl (C=O) groups excluding carboxylic acids is 1. The Kier molecular flexibility index (Phi) is 8.47. The Morgan fingerprint density at radius 3 is 2.39 bits per heavy atom. The summed E-state index contributed by atoms with van der Waals surface area (Å²) in [7, 11) is 0. The summed E-state index contributed by atoms with van der Waals surface area (Å²) >= 11 is 6.62. The first-order valence-corrected chi connectivity index (χ1v) is 13.5. The standard InChI is InChI=1S/C26H34N2O3S2/c29-24(30)7-4-14-28-25(31)23(33-26(28)32)18-20-8-10-22(11-9-20)27-15-12-21(13-16-27)17-19-5-2-1-3-6-19/h8-11,18-19,21H,1-7,12-17H2,(H,29,30)/b23-18+. The van der Waals surface area contributed by atoms with E-state index in [4.69, 9.17) is 17.3 Å². The topological polar surface area (TPSA) is 60.9 Å². The molecule has 1 saturated carbocycles. The molecule has 1 amide bonds. The van der Waals surface area contributed by atoms with Crippen LogP contribution in [0.1, 0.15) is 69.8 Å². The van der Waals surface area contributed by atoms with Crippen molar-refractivity contribution in [3.63, 3.8) is 0 Å². The van der Waals surface area contributed by atoms with Crippen molar-refractivity contribution in [2.24, 2.45) is 11.8 Å². The van der Waals surface area contributed by atoms with Crippen molar-refractivity contribution in [1.29, 1.82) is 0 Å². The fourth-order valence-corrected chi connectivity index (χ4v) is 6.64. The van der Waals surface area contributed by atoms with Crippen molar-refractivity contribution < 1.29 is 14.7 Å². The molecule has 5 nitrogen and oxygen atoms in total. The number of amides is 1. The van der Waals surface area contributed by atoms with Crippen LogP contribution in [0.15, 0.2) is 29.2 Å². The van der Waals surface area contributed by atoms with Crippen molar-refractivity contribution >= 4 is 51.9 Å². The number of hydrogen-bond donors (Lipinski definition) is 1. The second kappa shape index (κ2) is 11.5. The Labute approximate surface area is 206 Å². The number of anilines is 1. The van der Waals surface area contributed by atoms with Crippen LogP contribution in [-0.4, -0.2) is 45.8 Å². The van der Waals surface area contributed by atoms with Gasteiger partial charge in [0, 0.05) is 31.7 Å². The highest BCUT2D eigenvalue weighted by atomic mass is 32.2. The first-order valence-electron chi connectivity index (χ1n) is 12.3. The Morgan fingerprint density at radius 2 is 1.73 bits per heavy atom. The third kappa shape index (κ3) is 6.60. The van der Waals surface area contributed by atoms with E-state index in [0.717, 1.165) is 30.5 Å². The summed E-state index contributed by atoms with van der Waals surface area (Å²) in [6.07, 6.45) is 13.5. The van der Waals surface area contributed by atoms with Crippen LogP contribution >= 0.6 is 24.0 Å². The molecule has 1 aromatic rings. The number of rotatable bonds is 8. The highest BCUT2D eigenvalue weighted by Gasteiger charge is 2.31. The van der Waals surface area contributed by atoms with Crippen molar-refractivity contribution in [2.45, 2.75) is 64.2 Å². The van der Waals surface area contributed by atoms with Gasteiger partial charge in [-0.15, -0.1) is 0 Å². The van der Waals surface area contributed by atoms with Gasteiger partial charge in [0.15, 0.2) is 0 Å². The molecule has 1 aromatic carbocycles. The van der Waals surface area contributed by atoms with Gasteiger partial charge in [0.2, 0.25) is 0 Å². The second-order valence-corrected chi connectivity index (χ2v) is 11.3. The number of nitrogens with zero attached hydrogens (tertiary/aromatic N) is 2. The third-order valence-electron chi connectivity index (χ3n) is 7.21. The lowest BCUT2D eigenvalue weighted by Crippen LogP contribution is -2.34. The number of carboxylic acids is 1. The average Bonchev–Trinajstić information content (AvgIpc) is 3.08. The Balaban J connectivity index is 1.28. The molecule has 2 heterocycles. The van der Waals surface area contributed by atoms with Gasteiger partial charge < -0.3 is 10.0 Å². The molecule has 2 saturated heterocycles. The zero-order valence-electron chi connectivity index (χ0n) is 19.2. The predicted octanol–water partition coefficient (Wildman–Crippen LogP) is 5.94. The summed E-state index contributed by atoms with van der Waals surface area (Å²) in [6.45, 7) is 2.61. The van der Waals surface area contributed by atoms with Gasteiger partial charge in [-0.25, -0.2) is 0 Å². The molecule has 0 spiro atoms. The van der Waals surface area contributed by atoms with Crippen LogP contribution in [0, 0.1) is 11.8 Å². The average molecular weight is 487 g/mol. The fourth-order valence-electron chi connectivity index (χ4n) is 5.34. The van der Waals surface area contributed by atoms with Gasteiger partial charge in [-0.05, 0) is 61.3 Å². The highest BCUT2D eigenvalue weighted by molar-refractivity contribution is 8.26.